The van der Waals surface area contributed by atoms with Crippen LogP contribution in [0.5, 0.6) is 0 Å². The molecule has 1 aromatic rings. The molecule has 1 atom stereocenters. The fourth-order valence-corrected chi connectivity index (χ4v) is 2.86. The van der Waals surface area contributed by atoms with Crippen molar-refractivity contribution in [2.45, 2.75) is 51.7 Å². The lowest BCUT2D eigenvalue weighted by Gasteiger charge is -2.51. The largest absolute Gasteiger partial charge is 0.340 e. The summed E-state index contributed by atoms with van der Waals surface area (Å²) in [6.45, 7) is 9.17. The summed E-state index contributed by atoms with van der Waals surface area (Å²) in [5.41, 5.74) is -1.01. The summed E-state index contributed by atoms with van der Waals surface area (Å²) in [5, 5.41) is 2.85. The van der Waals surface area contributed by atoms with Crippen LogP contribution in [0.2, 0.25) is 0 Å². The number of piperazine rings is 1. The van der Waals surface area contributed by atoms with E-state index in [0.717, 1.165) is 5.56 Å². The van der Waals surface area contributed by atoms with E-state index in [0.29, 0.717) is 0 Å². The van der Waals surface area contributed by atoms with Crippen molar-refractivity contribution in [3.63, 3.8) is 0 Å². The normalized spacial score (nSPS) is 25.8. The molecule has 1 heterocycles. The van der Waals surface area contributed by atoms with E-state index in [1.54, 1.807) is 18.7 Å². The number of nitrogens with zero attached hydrogens (tertiary/aromatic N) is 1. The van der Waals surface area contributed by atoms with Crippen LogP contribution in [0.1, 0.15) is 40.2 Å². The molecule has 4 heteroatoms. The zero-order valence-corrected chi connectivity index (χ0v) is 12.7. The van der Waals surface area contributed by atoms with Crippen LogP contribution in [0, 0.1) is 0 Å². The molecule has 0 aliphatic carbocycles. The lowest BCUT2D eigenvalue weighted by Crippen LogP contribution is -2.73. The van der Waals surface area contributed by atoms with Gasteiger partial charge in [-0.1, -0.05) is 30.3 Å². The number of amides is 2. The molecule has 0 spiro atoms. The minimum absolute atomic E-state index is 0.0570. The van der Waals surface area contributed by atoms with Crippen molar-refractivity contribution in [2.75, 3.05) is 0 Å². The van der Waals surface area contributed by atoms with E-state index in [1.807, 2.05) is 51.1 Å². The van der Waals surface area contributed by atoms with E-state index in [2.05, 4.69) is 5.32 Å². The van der Waals surface area contributed by atoms with E-state index >= 15 is 0 Å². The molecule has 1 unspecified atom stereocenters. The smallest absolute Gasteiger partial charge is 0.251 e. The molecule has 2 rings (SSSR count). The van der Waals surface area contributed by atoms with Gasteiger partial charge in [-0.15, -0.1) is 0 Å². The second-order valence-corrected chi connectivity index (χ2v) is 6.29. The molecular weight excluding hydrogens is 252 g/mol. The van der Waals surface area contributed by atoms with Crippen LogP contribution in [0.25, 0.3) is 0 Å². The summed E-state index contributed by atoms with van der Waals surface area (Å²) in [6.07, 6.45) is 0. The van der Waals surface area contributed by atoms with Crippen LogP contribution in [-0.4, -0.2) is 28.3 Å². The average molecular weight is 274 g/mol. The highest BCUT2D eigenvalue weighted by molar-refractivity contribution is 6.02. The van der Waals surface area contributed by atoms with E-state index in [1.165, 1.54) is 0 Å². The molecule has 2 amide bonds. The van der Waals surface area contributed by atoms with Gasteiger partial charge in [0.1, 0.15) is 11.1 Å². The Morgan fingerprint density at radius 2 is 1.60 bits per heavy atom. The quantitative estimate of drug-likeness (QED) is 0.897. The minimum Gasteiger partial charge on any atom is -0.340 e. The molecule has 1 aliphatic rings. The number of hydrogen-bond acceptors (Lipinski definition) is 2. The van der Waals surface area contributed by atoms with Gasteiger partial charge in [0.2, 0.25) is 5.91 Å². The SMILES string of the molecule is CC(C)N1C(=O)C(C)(C)NC(=O)C1(C)c1ccccc1. The van der Waals surface area contributed by atoms with Crippen LogP contribution < -0.4 is 5.32 Å². The molecular formula is C16H22N2O2. The first-order valence-corrected chi connectivity index (χ1v) is 6.93. The first-order chi connectivity index (χ1) is 9.21. The molecule has 0 bridgehead atoms. The van der Waals surface area contributed by atoms with Crippen molar-refractivity contribution in [1.82, 2.24) is 10.2 Å². The Bertz CT molecular complexity index is 537. The van der Waals surface area contributed by atoms with Crippen molar-refractivity contribution >= 4 is 11.8 Å². The number of carbonyl (C=O) groups excluding carboxylic acids is 2. The summed E-state index contributed by atoms with van der Waals surface area (Å²) in [4.78, 5) is 27.1. The average Bonchev–Trinajstić information content (AvgIpc) is 2.37. The molecule has 0 saturated carbocycles. The van der Waals surface area contributed by atoms with Gasteiger partial charge in [-0.2, -0.15) is 0 Å². The third kappa shape index (κ3) is 1.99. The fraction of sp³-hybridized carbons (Fsp3) is 0.500. The molecule has 20 heavy (non-hydrogen) atoms. The summed E-state index contributed by atoms with van der Waals surface area (Å²) in [6, 6.07) is 9.39. The van der Waals surface area contributed by atoms with Gasteiger partial charge in [0, 0.05) is 6.04 Å². The van der Waals surface area contributed by atoms with E-state index in [4.69, 9.17) is 0 Å². The number of nitrogens with one attached hydrogen (secondary N) is 1. The first kappa shape index (κ1) is 14.6. The molecule has 0 radical (unpaired) electrons. The number of rotatable bonds is 2. The van der Waals surface area contributed by atoms with Crippen molar-refractivity contribution < 1.29 is 9.59 Å². The van der Waals surface area contributed by atoms with Crippen molar-refractivity contribution in [3.05, 3.63) is 35.9 Å². The number of carbonyl (C=O) groups is 2. The maximum absolute atomic E-state index is 12.7. The van der Waals surface area contributed by atoms with E-state index in [9.17, 15) is 9.59 Å². The molecule has 1 fully saturated rings. The molecule has 1 aliphatic heterocycles. The Morgan fingerprint density at radius 1 is 1.05 bits per heavy atom. The Balaban J connectivity index is 2.60. The Labute approximate surface area is 120 Å². The van der Waals surface area contributed by atoms with Crippen LogP contribution in [-0.2, 0) is 15.1 Å². The predicted octanol–water partition coefficient (Wildman–Crippen LogP) is 2.05. The van der Waals surface area contributed by atoms with Gasteiger partial charge in [0.15, 0.2) is 0 Å². The molecule has 108 valence electrons. The standard InChI is InChI=1S/C16H22N2O2/c1-11(2)18-14(20)15(3,4)17-13(19)16(18,5)12-9-7-6-8-10-12/h6-11H,1-5H3,(H,17,19). The zero-order valence-electron chi connectivity index (χ0n) is 12.7. The lowest BCUT2D eigenvalue weighted by atomic mass is 9.82. The van der Waals surface area contributed by atoms with Gasteiger partial charge in [-0.05, 0) is 40.2 Å². The summed E-state index contributed by atoms with van der Waals surface area (Å²) in [7, 11) is 0. The summed E-state index contributed by atoms with van der Waals surface area (Å²) < 4.78 is 0. The highest BCUT2D eigenvalue weighted by atomic mass is 16.2. The molecule has 0 aromatic heterocycles. The first-order valence-electron chi connectivity index (χ1n) is 6.93. The Hall–Kier alpha value is -1.84. The van der Waals surface area contributed by atoms with Crippen molar-refractivity contribution in [1.29, 1.82) is 0 Å². The Morgan fingerprint density at radius 3 is 2.10 bits per heavy atom. The number of hydrogen-bond donors (Lipinski definition) is 1. The molecule has 4 nitrogen and oxygen atoms in total. The topological polar surface area (TPSA) is 49.4 Å². The van der Waals surface area contributed by atoms with Crippen LogP contribution >= 0.6 is 0 Å². The lowest BCUT2D eigenvalue weighted by molar-refractivity contribution is -0.164. The number of benzene rings is 1. The van der Waals surface area contributed by atoms with Gasteiger partial charge in [0.25, 0.3) is 5.91 Å². The van der Waals surface area contributed by atoms with Gasteiger partial charge in [-0.25, -0.2) is 0 Å². The Kier molecular flexibility index (Phi) is 3.36. The van der Waals surface area contributed by atoms with Gasteiger partial charge < -0.3 is 10.2 Å². The van der Waals surface area contributed by atoms with Gasteiger partial charge in [-0.3, -0.25) is 9.59 Å². The third-order valence-electron chi connectivity index (χ3n) is 3.96. The van der Waals surface area contributed by atoms with Gasteiger partial charge in [0.05, 0.1) is 0 Å². The zero-order chi connectivity index (χ0) is 15.1. The van der Waals surface area contributed by atoms with Crippen LogP contribution in [0.15, 0.2) is 30.3 Å². The summed E-state index contributed by atoms with van der Waals surface area (Å²) in [5.74, 6) is -0.194. The monoisotopic (exact) mass is 274 g/mol. The maximum atomic E-state index is 12.7. The van der Waals surface area contributed by atoms with Crippen LogP contribution in [0.3, 0.4) is 0 Å². The molecule has 1 N–H and O–H groups in total. The maximum Gasteiger partial charge on any atom is 0.251 e. The van der Waals surface area contributed by atoms with Crippen molar-refractivity contribution in [2.24, 2.45) is 0 Å². The predicted molar refractivity (Wildman–Crippen MR) is 78.0 cm³/mol. The molecule has 1 saturated heterocycles. The highest BCUT2D eigenvalue weighted by Gasteiger charge is 2.54. The third-order valence-corrected chi connectivity index (χ3v) is 3.96. The highest BCUT2D eigenvalue weighted by Crippen LogP contribution is 2.36. The van der Waals surface area contributed by atoms with Crippen LogP contribution in [0.4, 0.5) is 0 Å². The van der Waals surface area contributed by atoms with E-state index in [-0.39, 0.29) is 17.9 Å². The second kappa shape index (κ2) is 4.62. The minimum atomic E-state index is -0.970. The summed E-state index contributed by atoms with van der Waals surface area (Å²) >= 11 is 0. The fourth-order valence-electron chi connectivity index (χ4n) is 2.86. The second-order valence-electron chi connectivity index (χ2n) is 6.29. The van der Waals surface area contributed by atoms with Crippen molar-refractivity contribution in [3.8, 4) is 0 Å². The van der Waals surface area contributed by atoms with Gasteiger partial charge >= 0.3 is 0 Å². The molecule has 1 aromatic carbocycles. The van der Waals surface area contributed by atoms with E-state index < -0.39 is 11.1 Å².